The second-order valence-corrected chi connectivity index (χ2v) is 8.78. The van der Waals surface area contributed by atoms with E-state index in [0.717, 1.165) is 10.0 Å². The fraction of sp³-hybridized carbons (Fsp3) is 0.211. The Morgan fingerprint density at radius 2 is 1.69 bits per heavy atom. The lowest BCUT2D eigenvalue weighted by molar-refractivity contribution is 0.566. The van der Waals surface area contributed by atoms with Gasteiger partial charge in [0.15, 0.2) is 5.82 Å². The highest BCUT2D eigenvalue weighted by Crippen LogP contribution is 2.26. The van der Waals surface area contributed by atoms with Gasteiger partial charge in [0.1, 0.15) is 0 Å². The van der Waals surface area contributed by atoms with Gasteiger partial charge in [0, 0.05) is 16.7 Å². The average molecular weight is 434 g/mol. The van der Waals surface area contributed by atoms with E-state index in [9.17, 15) is 8.42 Å². The lowest BCUT2D eigenvalue weighted by atomic mass is 10.1. The van der Waals surface area contributed by atoms with Gasteiger partial charge in [0.25, 0.3) is 10.0 Å². The molecule has 1 atom stereocenters. The highest BCUT2D eigenvalue weighted by Gasteiger charge is 2.21. The van der Waals surface area contributed by atoms with Crippen LogP contribution in [0.3, 0.4) is 0 Å². The second kappa shape index (κ2) is 7.25. The van der Waals surface area contributed by atoms with Crippen LogP contribution in [-0.2, 0) is 10.0 Å². The SMILES string of the molecule is Cc1cc(Br)cc(C)c1S(=O)(=O)Nc1ccn(C(C)c2ccccc2)n1. The summed E-state index contributed by atoms with van der Waals surface area (Å²) in [6.45, 7) is 5.58. The van der Waals surface area contributed by atoms with Gasteiger partial charge in [-0.2, -0.15) is 5.10 Å². The third kappa shape index (κ3) is 3.83. The first kappa shape index (κ1) is 18.7. The van der Waals surface area contributed by atoms with Crippen LogP contribution in [0.15, 0.2) is 64.1 Å². The minimum Gasteiger partial charge on any atom is -0.263 e. The molecule has 5 nitrogen and oxygen atoms in total. The summed E-state index contributed by atoms with van der Waals surface area (Å²) in [5.74, 6) is 0.300. The summed E-state index contributed by atoms with van der Waals surface area (Å²) in [7, 11) is -3.72. The summed E-state index contributed by atoms with van der Waals surface area (Å²) in [4.78, 5) is 0.284. The van der Waals surface area contributed by atoms with Crippen molar-refractivity contribution in [3.8, 4) is 0 Å². The molecule has 0 aliphatic carbocycles. The molecular weight excluding hydrogens is 414 g/mol. The highest BCUT2D eigenvalue weighted by molar-refractivity contribution is 9.10. The molecule has 3 aromatic rings. The van der Waals surface area contributed by atoms with E-state index in [4.69, 9.17) is 0 Å². The molecule has 0 aliphatic heterocycles. The molecule has 0 fully saturated rings. The van der Waals surface area contributed by atoms with Crippen LogP contribution in [-0.4, -0.2) is 18.2 Å². The van der Waals surface area contributed by atoms with Crippen LogP contribution in [0.2, 0.25) is 0 Å². The molecule has 1 unspecified atom stereocenters. The van der Waals surface area contributed by atoms with E-state index in [1.165, 1.54) is 0 Å². The van der Waals surface area contributed by atoms with Crippen molar-refractivity contribution in [2.24, 2.45) is 0 Å². The molecule has 1 aromatic heterocycles. The van der Waals surface area contributed by atoms with Crippen molar-refractivity contribution < 1.29 is 8.42 Å². The predicted octanol–water partition coefficient (Wildman–Crippen LogP) is 4.67. The molecule has 0 bridgehead atoms. The zero-order chi connectivity index (χ0) is 18.9. The van der Waals surface area contributed by atoms with Crippen LogP contribution in [0.4, 0.5) is 5.82 Å². The minimum atomic E-state index is -3.72. The topological polar surface area (TPSA) is 64.0 Å². The minimum absolute atomic E-state index is 0.00519. The van der Waals surface area contributed by atoms with Crippen molar-refractivity contribution in [3.63, 3.8) is 0 Å². The number of sulfonamides is 1. The Kier molecular flexibility index (Phi) is 5.20. The number of hydrogen-bond donors (Lipinski definition) is 1. The molecule has 7 heteroatoms. The van der Waals surface area contributed by atoms with Gasteiger partial charge >= 0.3 is 0 Å². The smallest absolute Gasteiger partial charge is 0.263 e. The van der Waals surface area contributed by atoms with Gasteiger partial charge in [0.2, 0.25) is 0 Å². The molecule has 26 heavy (non-hydrogen) atoms. The molecule has 0 radical (unpaired) electrons. The molecule has 0 saturated heterocycles. The van der Waals surface area contributed by atoms with E-state index in [2.05, 4.69) is 25.8 Å². The average Bonchev–Trinajstić information content (AvgIpc) is 3.01. The summed E-state index contributed by atoms with van der Waals surface area (Å²) in [5.41, 5.74) is 2.47. The number of rotatable bonds is 5. The fourth-order valence-corrected chi connectivity index (χ4v) is 5.14. The number of halogens is 1. The standard InChI is InChI=1S/C19H20BrN3O2S/c1-13-11-17(20)12-14(2)19(13)26(24,25)22-18-9-10-23(21-18)15(3)16-7-5-4-6-8-16/h4-12,15H,1-3H3,(H,21,22). The zero-order valence-electron chi connectivity index (χ0n) is 14.8. The van der Waals surface area contributed by atoms with Crippen LogP contribution >= 0.6 is 15.9 Å². The lowest BCUT2D eigenvalue weighted by Crippen LogP contribution is -2.17. The molecule has 0 amide bonds. The maximum atomic E-state index is 12.8. The molecule has 0 saturated carbocycles. The van der Waals surface area contributed by atoms with Gasteiger partial charge in [0.05, 0.1) is 10.9 Å². The zero-order valence-corrected chi connectivity index (χ0v) is 17.2. The Balaban J connectivity index is 1.87. The second-order valence-electron chi connectivity index (χ2n) is 6.24. The molecule has 136 valence electrons. The summed E-state index contributed by atoms with van der Waals surface area (Å²) in [6.07, 6.45) is 1.77. The van der Waals surface area contributed by atoms with Crippen molar-refractivity contribution in [1.29, 1.82) is 0 Å². The molecule has 2 aromatic carbocycles. The number of hydrogen-bond acceptors (Lipinski definition) is 3. The quantitative estimate of drug-likeness (QED) is 0.635. The Hall–Kier alpha value is -2.12. The predicted molar refractivity (Wildman–Crippen MR) is 107 cm³/mol. The number of aryl methyl sites for hydroxylation is 2. The van der Waals surface area contributed by atoms with E-state index in [1.54, 1.807) is 42.9 Å². The normalized spacial score (nSPS) is 12.8. The molecule has 1 heterocycles. The number of anilines is 1. The van der Waals surface area contributed by atoms with Crippen molar-refractivity contribution >= 4 is 31.8 Å². The Morgan fingerprint density at radius 3 is 2.31 bits per heavy atom. The van der Waals surface area contributed by atoms with Gasteiger partial charge in [-0.25, -0.2) is 8.42 Å². The van der Waals surface area contributed by atoms with Gasteiger partial charge in [-0.15, -0.1) is 0 Å². The molecular formula is C19H20BrN3O2S. The van der Waals surface area contributed by atoms with E-state index < -0.39 is 10.0 Å². The first-order valence-corrected chi connectivity index (χ1v) is 10.5. The van der Waals surface area contributed by atoms with E-state index in [-0.39, 0.29) is 10.9 Å². The number of nitrogens with zero attached hydrogens (tertiary/aromatic N) is 2. The molecule has 1 N–H and O–H groups in total. The van der Waals surface area contributed by atoms with Crippen LogP contribution < -0.4 is 4.72 Å². The van der Waals surface area contributed by atoms with Gasteiger partial charge in [-0.3, -0.25) is 9.40 Å². The molecule has 0 spiro atoms. The number of benzene rings is 2. The van der Waals surface area contributed by atoms with Crippen LogP contribution in [0.25, 0.3) is 0 Å². The van der Waals surface area contributed by atoms with Crippen molar-refractivity contribution in [3.05, 3.63) is 75.9 Å². The maximum absolute atomic E-state index is 12.8. The summed E-state index contributed by atoms with van der Waals surface area (Å²) >= 11 is 3.39. The molecule has 3 rings (SSSR count). The van der Waals surface area contributed by atoms with Gasteiger partial charge < -0.3 is 0 Å². The third-order valence-electron chi connectivity index (χ3n) is 4.22. The van der Waals surface area contributed by atoms with E-state index in [1.807, 2.05) is 37.3 Å². The van der Waals surface area contributed by atoms with Gasteiger partial charge in [-0.1, -0.05) is 46.3 Å². The van der Waals surface area contributed by atoms with Gasteiger partial charge in [-0.05, 0) is 49.6 Å². The lowest BCUT2D eigenvalue weighted by Gasteiger charge is -2.13. The van der Waals surface area contributed by atoms with Crippen LogP contribution in [0, 0.1) is 13.8 Å². The van der Waals surface area contributed by atoms with Crippen molar-refractivity contribution in [2.45, 2.75) is 31.7 Å². The monoisotopic (exact) mass is 433 g/mol. The first-order chi connectivity index (χ1) is 12.3. The summed E-state index contributed by atoms with van der Waals surface area (Å²) < 4.78 is 30.8. The number of aromatic nitrogens is 2. The van der Waals surface area contributed by atoms with Crippen molar-refractivity contribution in [1.82, 2.24) is 9.78 Å². The number of nitrogens with one attached hydrogen (secondary N) is 1. The summed E-state index contributed by atoms with van der Waals surface area (Å²) in [6, 6.07) is 15.2. The van der Waals surface area contributed by atoms with Crippen molar-refractivity contribution in [2.75, 3.05) is 4.72 Å². The molecule has 0 aliphatic rings. The van der Waals surface area contributed by atoms with Crippen LogP contribution in [0.5, 0.6) is 0 Å². The Labute approximate surface area is 162 Å². The first-order valence-electron chi connectivity index (χ1n) is 8.17. The van der Waals surface area contributed by atoms with E-state index >= 15 is 0 Å². The Morgan fingerprint density at radius 1 is 1.08 bits per heavy atom. The third-order valence-corrected chi connectivity index (χ3v) is 6.34. The van der Waals surface area contributed by atoms with E-state index in [0.29, 0.717) is 16.9 Å². The van der Waals surface area contributed by atoms with Crippen LogP contribution in [0.1, 0.15) is 29.7 Å². The Bertz CT molecular complexity index is 1010. The largest absolute Gasteiger partial charge is 0.263 e. The summed E-state index contributed by atoms with van der Waals surface area (Å²) in [5, 5.41) is 4.39. The maximum Gasteiger partial charge on any atom is 0.263 e. The fourth-order valence-electron chi connectivity index (χ4n) is 3.00. The highest BCUT2D eigenvalue weighted by atomic mass is 79.9.